The normalized spacial score (nSPS) is 17.2. The lowest BCUT2D eigenvalue weighted by Crippen LogP contribution is -2.46. The van der Waals surface area contributed by atoms with Crippen LogP contribution in [0.1, 0.15) is 90.9 Å². The van der Waals surface area contributed by atoms with Crippen molar-refractivity contribution < 1.29 is 4.48 Å². The molecule has 0 saturated carbocycles. The van der Waals surface area contributed by atoms with E-state index < -0.39 is 0 Å². The summed E-state index contributed by atoms with van der Waals surface area (Å²) >= 11 is 0. The van der Waals surface area contributed by atoms with E-state index in [-0.39, 0.29) is 0 Å². The highest BCUT2D eigenvalue weighted by Crippen LogP contribution is 2.21. The molecule has 1 aliphatic heterocycles. The number of quaternary nitrogens is 1. The van der Waals surface area contributed by atoms with Crippen LogP contribution in [-0.2, 0) is 0 Å². The molecule has 0 aromatic rings. The molecule has 22 heavy (non-hydrogen) atoms. The van der Waals surface area contributed by atoms with Crippen molar-refractivity contribution in [1.29, 1.82) is 0 Å². The van der Waals surface area contributed by atoms with E-state index in [0.717, 1.165) is 0 Å². The minimum Gasteiger partial charge on any atom is -0.324 e. The third kappa shape index (κ3) is 9.15. The minimum atomic E-state index is 1.24. The third-order valence-corrected chi connectivity index (χ3v) is 5.41. The van der Waals surface area contributed by atoms with Gasteiger partial charge in [-0.05, 0) is 45.2 Å². The van der Waals surface area contributed by atoms with E-state index in [4.69, 9.17) is 0 Å². The maximum absolute atomic E-state index is 3.63. The maximum Gasteiger partial charge on any atom is 0.0788 e. The number of likely N-dealkylation sites (tertiary alicyclic amines) is 1. The molecule has 0 atom stereocenters. The second kappa shape index (κ2) is 13.4. The molecule has 0 aliphatic carbocycles. The van der Waals surface area contributed by atoms with Gasteiger partial charge in [0, 0.05) is 12.8 Å². The quantitative estimate of drug-likeness (QED) is 0.327. The second-order valence-corrected chi connectivity index (χ2v) is 7.52. The molecule has 0 aromatic heterocycles. The van der Waals surface area contributed by atoms with Gasteiger partial charge in [0.1, 0.15) is 0 Å². The van der Waals surface area contributed by atoms with Gasteiger partial charge in [-0.15, -0.1) is 0 Å². The largest absolute Gasteiger partial charge is 0.324 e. The Labute approximate surface area is 140 Å². The van der Waals surface area contributed by atoms with Crippen LogP contribution in [0.2, 0.25) is 0 Å². The molecule has 1 heterocycles. The Balaban J connectivity index is 1.85. The van der Waals surface area contributed by atoms with Crippen molar-refractivity contribution in [1.82, 2.24) is 5.32 Å². The van der Waals surface area contributed by atoms with Crippen molar-refractivity contribution in [2.75, 3.05) is 39.3 Å². The van der Waals surface area contributed by atoms with Gasteiger partial charge in [0.2, 0.25) is 0 Å². The SMILES string of the molecule is CCCCCCCCNCCCCC[N+]1(CCC)CCCC1. The summed E-state index contributed by atoms with van der Waals surface area (Å²) < 4.78 is 1.45. The summed E-state index contributed by atoms with van der Waals surface area (Å²) in [6.07, 6.45) is 17.0. The molecule has 1 saturated heterocycles. The first-order valence-corrected chi connectivity index (χ1v) is 10.4. The molecule has 0 spiro atoms. The van der Waals surface area contributed by atoms with E-state index in [1.54, 1.807) is 0 Å². The summed E-state index contributed by atoms with van der Waals surface area (Å²) in [7, 11) is 0. The smallest absolute Gasteiger partial charge is 0.0788 e. The van der Waals surface area contributed by atoms with Crippen LogP contribution in [-0.4, -0.2) is 43.8 Å². The average molecular weight is 312 g/mol. The summed E-state index contributed by atoms with van der Waals surface area (Å²) in [5, 5.41) is 3.63. The van der Waals surface area contributed by atoms with Gasteiger partial charge in [0.05, 0.1) is 26.2 Å². The zero-order valence-corrected chi connectivity index (χ0v) is 15.7. The van der Waals surface area contributed by atoms with Crippen molar-refractivity contribution in [3.8, 4) is 0 Å². The van der Waals surface area contributed by atoms with Gasteiger partial charge in [-0.2, -0.15) is 0 Å². The Morgan fingerprint density at radius 1 is 0.636 bits per heavy atom. The van der Waals surface area contributed by atoms with Crippen molar-refractivity contribution in [2.45, 2.75) is 90.9 Å². The van der Waals surface area contributed by atoms with Crippen LogP contribution >= 0.6 is 0 Å². The van der Waals surface area contributed by atoms with Gasteiger partial charge >= 0.3 is 0 Å². The van der Waals surface area contributed by atoms with Crippen LogP contribution in [0.3, 0.4) is 0 Å². The molecule has 2 heteroatoms. The second-order valence-electron chi connectivity index (χ2n) is 7.52. The van der Waals surface area contributed by atoms with Crippen molar-refractivity contribution in [3.05, 3.63) is 0 Å². The summed E-state index contributed by atoms with van der Waals surface area (Å²) in [6.45, 7) is 12.9. The molecule has 1 fully saturated rings. The molecular formula is C20H43N2+. The van der Waals surface area contributed by atoms with Crippen molar-refractivity contribution in [3.63, 3.8) is 0 Å². The predicted molar refractivity (Wildman–Crippen MR) is 99.4 cm³/mol. The Morgan fingerprint density at radius 3 is 1.86 bits per heavy atom. The Morgan fingerprint density at radius 2 is 1.23 bits per heavy atom. The van der Waals surface area contributed by atoms with Crippen LogP contribution in [0.5, 0.6) is 0 Å². The van der Waals surface area contributed by atoms with Gasteiger partial charge in [0.15, 0.2) is 0 Å². The topological polar surface area (TPSA) is 12.0 Å². The molecule has 0 bridgehead atoms. The average Bonchev–Trinajstić information content (AvgIpc) is 2.97. The van der Waals surface area contributed by atoms with Crippen LogP contribution in [0.15, 0.2) is 0 Å². The minimum absolute atomic E-state index is 1.24. The molecule has 1 aliphatic rings. The highest BCUT2D eigenvalue weighted by molar-refractivity contribution is 4.56. The van der Waals surface area contributed by atoms with Crippen molar-refractivity contribution in [2.24, 2.45) is 0 Å². The van der Waals surface area contributed by atoms with Gasteiger partial charge in [0.25, 0.3) is 0 Å². The van der Waals surface area contributed by atoms with Crippen LogP contribution in [0.25, 0.3) is 0 Å². The third-order valence-electron chi connectivity index (χ3n) is 5.41. The summed E-state index contributed by atoms with van der Waals surface area (Å²) in [5.41, 5.74) is 0. The number of nitrogens with one attached hydrogen (secondary N) is 1. The molecular weight excluding hydrogens is 268 g/mol. The fraction of sp³-hybridized carbons (Fsp3) is 1.00. The lowest BCUT2D eigenvalue weighted by molar-refractivity contribution is -0.917. The Kier molecular flexibility index (Phi) is 12.1. The molecule has 1 N–H and O–H groups in total. The van der Waals surface area contributed by atoms with E-state index in [1.165, 1.54) is 121 Å². The van der Waals surface area contributed by atoms with Gasteiger partial charge in [-0.25, -0.2) is 0 Å². The van der Waals surface area contributed by atoms with E-state index in [2.05, 4.69) is 19.2 Å². The van der Waals surface area contributed by atoms with Crippen LogP contribution in [0.4, 0.5) is 0 Å². The number of hydrogen-bond acceptors (Lipinski definition) is 1. The van der Waals surface area contributed by atoms with E-state index in [1.807, 2.05) is 0 Å². The number of unbranched alkanes of at least 4 members (excludes halogenated alkanes) is 7. The van der Waals surface area contributed by atoms with E-state index in [9.17, 15) is 0 Å². The zero-order valence-electron chi connectivity index (χ0n) is 15.7. The van der Waals surface area contributed by atoms with E-state index in [0.29, 0.717) is 0 Å². The lowest BCUT2D eigenvalue weighted by Gasteiger charge is -2.34. The fourth-order valence-electron chi connectivity index (χ4n) is 4.07. The lowest BCUT2D eigenvalue weighted by atomic mass is 10.1. The van der Waals surface area contributed by atoms with Gasteiger partial charge in [-0.3, -0.25) is 0 Å². The number of nitrogens with zero attached hydrogens (tertiary/aromatic N) is 1. The Hall–Kier alpha value is -0.0800. The predicted octanol–water partition coefficient (Wildman–Crippen LogP) is 5.13. The van der Waals surface area contributed by atoms with Crippen LogP contribution in [0, 0.1) is 0 Å². The Bertz CT molecular complexity index is 234. The summed E-state index contributed by atoms with van der Waals surface area (Å²) in [4.78, 5) is 0. The summed E-state index contributed by atoms with van der Waals surface area (Å²) in [5.74, 6) is 0. The maximum atomic E-state index is 3.63. The number of hydrogen-bond donors (Lipinski definition) is 1. The monoisotopic (exact) mass is 311 g/mol. The molecule has 0 unspecified atom stereocenters. The number of rotatable bonds is 15. The first kappa shape index (κ1) is 20.0. The molecule has 0 aromatic carbocycles. The molecule has 0 radical (unpaired) electrons. The standard InChI is InChI=1S/C20H43N2/c1-3-5-6-7-8-10-15-21-16-11-9-12-18-22(17-4-2)19-13-14-20-22/h21H,3-20H2,1-2H3/q+1. The van der Waals surface area contributed by atoms with E-state index >= 15 is 0 Å². The van der Waals surface area contributed by atoms with Crippen LogP contribution < -0.4 is 5.32 Å². The highest BCUT2D eigenvalue weighted by atomic mass is 15.4. The highest BCUT2D eigenvalue weighted by Gasteiger charge is 2.29. The molecule has 2 nitrogen and oxygen atoms in total. The van der Waals surface area contributed by atoms with Gasteiger partial charge < -0.3 is 9.80 Å². The molecule has 1 rings (SSSR count). The van der Waals surface area contributed by atoms with Gasteiger partial charge in [-0.1, -0.05) is 46.0 Å². The molecule has 132 valence electrons. The fourth-order valence-corrected chi connectivity index (χ4v) is 4.07. The first-order chi connectivity index (χ1) is 10.8. The zero-order chi connectivity index (χ0) is 15.9. The molecule has 0 amide bonds. The van der Waals surface area contributed by atoms with Crippen molar-refractivity contribution >= 4 is 0 Å². The first-order valence-electron chi connectivity index (χ1n) is 10.4. The summed E-state index contributed by atoms with van der Waals surface area (Å²) in [6, 6.07) is 0.